The number of methoxy groups -OCH3 is 1. The van der Waals surface area contributed by atoms with Gasteiger partial charge in [0.1, 0.15) is 11.3 Å². The number of hydrogen-bond donors (Lipinski definition) is 1. The minimum atomic E-state index is -0.527. The van der Waals surface area contributed by atoms with Gasteiger partial charge in [0.05, 0.1) is 7.11 Å². The smallest absolute Gasteiger partial charge is 0.341 e. The summed E-state index contributed by atoms with van der Waals surface area (Å²) in [6, 6.07) is 9.04. The van der Waals surface area contributed by atoms with E-state index in [-0.39, 0.29) is 11.3 Å². The third-order valence-corrected chi connectivity index (χ3v) is 2.52. The van der Waals surface area contributed by atoms with Gasteiger partial charge < -0.3 is 9.84 Å². The SMILES string of the molecule is COC(=O)c1cc2cc(C)ccc2cc1O. The van der Waals surface area contributed by atoms with Crippen molar-refractivity contribution in [1.29, 1.82) is 0 Å². The van der Waals surface area contributed by atoms with Crippen molar-refractivity contribution in [1.82, 2.24) is 0 Å². The first-order valence-electron chi connectivity index (χ1n) is 4.93. The Hall–Kier alpha value is -2.03. The second kappa shape index (κ2) is 3.85. The summed E-state index contributed by atoms with van der Waals surface area (Å²) in [5.41, 5.74) is 1.30. The van der Waals surface area contributed by atoms with Crippen molar-refractivity contribution in [3.63, 3.8) is 0 Å². The Labute approximate surface area is 93.3 Å². The van der Waals surface area contributed by atoms with Crippen molar-refractivity contribution in [2.24, 2.45) is 0 Å². The molecule has 0 saturated carbocycles. The minimum absolute atomic E-state index is 0.0526. The molecule has 0 amide bonds. The number of phenols is 1. The van der Waals surface area contributed by atoms with Crippen LogP contribution < -0.4 is 0 Å². The van der Waals surface area contributed by atoms with Crippen LogP contribution in [0, 0.1) is 6.92 Å². The summed E-state index contributed by atoms with van der Waals surface area (Å²) in [6.45, 7) is 1.98. The number of carbonyl (C=O) groups excluding carboxylic acids is 1. The van der Waals surface area contributed by atoms with Crippen LogP contribution in [0.1, 0.15) is 15.9 Å². The number of rotatable bonds is 1. The fourth-order valence-electron chi connectivity index (χ4n) is 1.68. The number of hydrogen-bond acceptors (Lipinski definition) is 3. The highest BCUT2D eigenvalue weighted by atomic mass is 16.5. The Kier molecular flexibility index (Phi) is 2.52. The summed E-state index contributed by atoms with van der Waals surface area (Å²) < 4.78 is 4.60. The largest absolute Gasteiger partial charge is 0.507 e. The number of carbonyl (C=O) groups is 1. The lowest BCUT2D eigenvalue weighted by molar-refractivity contribution is 0.0597. The molecule has 0 spiro atoms. The highest BCUT2D eigenvalue weighted by Crippen LogP contribution is 2.26. The van der Waals surface area contributed by atoms with Gasteiger partial charge >= 0.3 is 5.97 Å². The molecule has 1 N–H and O–H groups in total. The molecule has 0 heterocycles. The Bertz CT molecular complexity index is 558. The van der Waals surface area contributed by atoms with Crippen molar-refractivity contribution >= 4 is 16.7 Å². The Morgan fingerprint density at radius 1 is 1.19 bits per heavy atom. The molecule has 0 unspecified atom stereocenters. The van der Waals surface area contributed by atoms with Crippen molar-refractivity contribution in [3.05, 3.63) is 41.5 Å². The van der Waals surface area contributed by atoms with E-state index in [9.17, 15) is 9.90 Å². The molecule has 0 aliphatic heterocycles. The number of phenolic OH excluding ortho intramolecular Hbond substituents is 1. The molecule has 0 fully saturated rings. The number of ether oxygens (including phenoxy) is 1. The van der Waals surface area contributed by atoms with E-state index < -0.39 is 5.97 Å². The molecule has 0 atom stereocenters. The maximum atomic E-state index is 11.4. The van der Waals surface area contributed by atoms with Gasteiger partial charge in [0, 0.05) is 0 Å². The van der Waals surface area contributed by atoms with Gasteiger partial charge in [-0.15, -0.1) is 0 Å². The summed E-state index contributed by atoms with van der Waals surface area (Å²) in [5, 5.41) is 11.5. The highest BCUT2D eigenvalue weighted by molar-refractivity contribution is 5.98. The molecule has 2 aromatic rings. The molecule has 3 heteroatoms. The monoisotopic (exact) mass is 216 g/mol. The van der Waals surface area contributed by atoms with Gasteiger partial charge in [-0.25, -0.2) is 4.79 Å². The summed E-state index contributed by atoms with van der Waals surface area (Å²) in [6.07, 6.45) is 0. The molecule has 16 heavy (non-hydrogen) atoms. The van der Waals surface area contributed by atoms with E-state index in [4.69, 9.17) is 0 Å². The zero-order valence-electron chi connectivity index (χ0n) is 9.15. The van der Waals surface area contributed by atoms with Crippen LogP contribution in [0.25, 0.3) is 10.8 Å². The lowest BCUT2D eigenvalue weighted by Crippen LogP contribution is -2.01. The van der Waals surface area contributed by atoms with E-state index in [1.165, 1.54) is 7.11 Å². The van der Waals surface area contributed by atoms with Crippen molar-refractivity contribution in [2.45, 2.75) is 6.92 Å². The molecule has 82 valence electrons. The minimum Gasteiger partial charge on any atom is -0.507 e. The fraction of sp³-hybridized carbons (Fsp3) is 0.154. The molecule has 0 aliphatic rings. The van der Waals surface area contributed by atoms with Crippen molar-refractivity contribution < 1.29 is 14.6 Å². The Morgan fingerprint density at radius 3 is 2.62 bits per heavy atom. The summed E-state index contributed by atoms with van der Waals surface area (Å²) in [7, 11) is 1.29. The van der Waals surface area contributed by atoms with Crippen LogP contribution in [0.15, 0.2) is 30.3 Å². The topological polar surface area (TPSA) is 46.5 Å². The molecule has 3 nitrogen and oxygen atoms in total. The number of benzene rings is 2. The number of fused-ring (bicyclic) bond motifs is 1. The van der Waals surface area contributed by atoms with Crippen LogP contribution >= 0.6 is 0 Å². The van der Waals surface area contributed by atoms with E-state index >= 15 is 0 Å². The van der Waals surface area contributed by atoms with Crippen LogP contribution in [-0.2, 0) is 4.74 Å². The molecule has 0 saturated heterocycles. The molecular weight excluding hydrogens is 204 g/mol. The number of aromatic hydroxyl groups is 1. The maximum Gasteiger partial charge on any atom is 0.341 e. The summed E-state index contributed by atoms with van der Waals surface area (Å²) in [5.74, 6) is -0.580. The van der Waals surface area contributed by atoms with Gasteiger partial charge in [-0.3, -0.25) is 0 Å². The first-order chi connectivity index (χ1) is 7.61. The zero-order chi connectivity index (χ0) is 11.7. The normalized spacial score (nSPS) is 10.4. The second-order valence-corrected chi connectivity index (χ2v) is 3.71. The fourth-order valence-corrected chi connectivity index (χ4v) is 1.68. The molecule has 0 bridgehead atoms. The number of esters is 1. The third-order valence-electron chi connectivity index (χ3n) is 2.52. The van der Waals surface area contributed by atoms with Gasteiger partial charge in [0.15, 0.2) is 0 Å². The molecule has 0 radical (unpaired) electrons. The Balaban J connectivity index is 2.68. The van der Waals surface area contributed by atoms with E-state index in [1.54, 1.807) is 12.1 Å². The van der Waals surface area contributed by atoms with Crippen LogP contribution in [0.4, 0.5) is 0 Å². The van der Waals surface area contributed by atoms with Crippen LogP contribution in [0.2, 0.25) is 0 Å². The second-order valence-electron chi connectivity index (χ2n) is 3.71. The molecule has 2 rings (SSSR count). The quantitative estimate of drug-likeness (QED) is 0.745. The highest BCUT2D eigenvalue weighted by Gasteiger charge is 2.12. The third kappa shape index (κ3) is 1.72. The lowest BCUT2D eigenvalue weighted by Gasteiger charge is -2.05. The van der Waals surface area contributed by atoms with Crippen LogP contribution in [-0.4, -0.2) is 18.2 Å². The molecule has 0 aromatic heterocycles. The predicted molar refractivity (Wildman–Crippen MR) is 61.7 cm³/mol. The van der Waals surface area contributed by atoms with Gasteiger partial charge in [-0.05, 0) is 29.8 Å². The van der Waals surface area contributed by atoms with Crippen molar-refractivity contribution in [3.8, 4) is 5.75 Å². The van der Waals surface area contributed by atoms with Crippen LogP contribution in [0.5, 0.6) is 5.75 Å². The van der Waals surface area contributed by atoms with E-state index in [0.717, 1.165) is 16.3 Å². The van der Waals surface area contributed by atoms with Gasteiger partial charge in [-0.1, -0.05) is 23.8 Å². The zero-order valence-corrected chi connectivity index (χ0v) is 9.15. The average molecular weight is 216 g/mol. The summed E-state index contributed by atoms with van der Waals surface area (Å²) >= 11 is 0. The first-order valence-corrected chi connectivity index (χ1v) is 4.93. The standard InChI is InChI=1S/C13H12O3/c1-8-3-4-9-7-12(14)11(13(15)16-2)6-10(9)5-8/h3-7,14H,1-2H3. The average Bonchev–Trinajstić information content (AvgIpc) is 2.28. The van der Waals surface area contributed by atoms with Gasteiger partial charge in [-0.2, -0.15) is 0 Å². The first kappa shape index (κ1) is 10.5. The predicted octanol–water partition coefficient (Wildman–Crippen LogP) is 2.64. The summed E-state index contributed by atoms with van der Waals surface area (Å²) in [4.78, 5) is 11.4. The number of aryl methyl sites for hydroxylation is 1. The van der Waals surface area contributed by atoms with E-state index in [2.05, 4.69) is 4.74 Å². The molecule has 2 aromatic carbocycles. The van der Waals surface area contributed by atoms with Gasteiger partial charge in [0.2, 0.25) is 0 Å². The maximum absolute atomic E-state index is 11.4. The van der Waals surface area contributed by atoms with Crippen LogP contribution in [0.3, 0.4) is 0 Å². The van der Waals surface area contributed by atoms with E-state index in [1.807, 2.05) is 25.1 Å². The molecule has 0 aliphatic carbocycles. The lowest BCUT2D eigenvalue weighted by atomic mass is 10.0. The van der Waals surface area contributed by atoms with E-state index in [0.29, 0.717) is 0 Å². The van der Waals surface area contributed by atoms with Gasteiger partial charge in [0.25, 0.3) is 0 Å². The Morgan fingerprint density at radius 2 is 1.94 bits per heavy atom. The van der Waals surface area contributed by atoms with Crippen molar-refractivity contribution in [2.75, 3.05) is 7.11 Å². The molecular formula is C13H12O3.